The van der Waals surface area contributed by atoms with Crippen molar-refractivity contribution in [2.75, 3.05) is 19.8 Å². The van der Waals surface area contributed by atoms with Crippen molar-refractivity contribution in [3.05, 3.63) is 22.7 Å². The zero-order valence-corrected chi connectivity index (χ0v) is 13.7. The van der Waals surface area contributed by atoms with Crippen LogP contribution in [0.25, 0.3) is 0 Å². The Morgan fingerprint density at radius 2 is 2.05 bits per heavy atom. The zero-order chi connectivity index (χ0) is 16.5. The van der Waals surface area contributed by atoms with Crippen molar-refractivity contribution in [1.29, 1.82) is 0 Å². The first-order valence-electron chi connectivity index (χ1n) is 7.32. The van der Waals surface area contributed by atoms with E-state index in [1.807, 2.05) is 19.2 Å². The Balaban J connectivity index is 2.90. The lowest BCUT2D eigenvalue weighted by atomic mass is 10.1. The number of hydrogen-bond donors (Lipinski definition) is 3. The molecule has 0 saturated carbocycles. The second kappa shape index (κ2) is 9.50. The molecule has 1 atom stereocenters. The first-order valence-corrected chi connectivity index (χ1v) is 7.70. The van der Waals surface area contributed by atoms with Gasteiger partial charge in [-0.05, 0) is 19.4 Å². The summed E-state index contributed by atoms with van der Waals surface area (Å²) in [5.74, 6) is 0.349. The minimum Gasteiger partial charge on any atom is -0.490 e. The van der Waals surface area contributed by atoms with Gasteiger partial charge in [0.05, 0.1) is 18.2 Å². The van der Waals surface area contributed by atoms with Gasteiger partial charge in [0.25, 0.3) is 5.91 Å². The lowest BCUT2D eigenvalue weighted by molar-refractivity contribution is -0.706. The Labute approximate surface area is 135 Å². The van der Waals surface area contributed by atoms with Crippen LogP contribution in [0.5, 0.6) is 11.5 Å². The zero-order valence-electron chi connectivity index (χ0n) is 13.0. The third-order valence-electron chi connectivity index (χ3n) is 3.21. The molecular formula is C15H24ClN2O4+. The number of quaternary nitrogens is 1. The average Bonchev–Trinajstić information content (AvgIpc) is 2.49. The predicted octanol–water partition coefficient (Wildman–Crippen LogP) is 0.437. The minimum atomic E-state index is -0.565. The molecule has 1 rings (SSSR count). The van der Waals surface area contributed by atoms with Crippen LogP contribution in [0.3, 0.4) is 0 Å². The maximum Gasteiger partial charge on any atom is 0.255 e. The van der Waals surface area contributed by atoms with E-state index < -0.39 is 5.91 Å². The number of aliphatic hydroxyl groups is 1. The monoisotopic (exact) mass is 331 g/mol. The van der Waals surface area contributed by atoms with E-state index in [1.54, 1.807) is 12.1 Å². The number of ether oxygens (including phenoxy) is 2. The fraction of sp³-hybridized carbons (Fsp3) is 0.533. The van der Waals surface area contributed by atoms with Crippen LogP contribution >= 0.6 is 11.6 Å². The fourth-order valence-corrected chi connectivity index (χ4v) is 2.16. The summed E-state index contributed by atoms with van der Waals surface area (Å²) in [5.41, 5.74) is 5.96. The third kappa shape index (κ3) is 5.71. The van der Waals surface area contributed by atoms with Crippen molar-refractivity contribution in [3.63, 3.8) is 0 Å². The van der Waals surface area contributed by atoms with Gasteiger partial charge in [-0.25, -0.2) is 0 Å². The van der Waals surface area contributed by atoms with Crippen molar-refractivity contribution < 1.29 is 24.7 Å². The summed E-state index contributed by atoms with van der Waals surface area (Å²) in [5, 5.41) is 11.8. The molecule has 1 aromatic carbocycles. The molecule has 22 heavy (non-hydrogen) atoms. The number of carbonyl (C=O) groups is 1. The SMILES string of the molecule is CCOc1cc(C[NH2+][C@@H](CC)CO)c(Cl)cc1OCC(N)=O. The van der Waals surface area contributed by atoms with Gasteiger partial charge in [0.1, 0.15) is 12.6 Å². The molecule has 0 unspecified atom stereocenters. The van der Waals surface area contributed by atoms with Crippen LogP contribution in [0, 0.1) is 0 Å². The van der Waals surface area contributed by atoms with Crippen LogP contribution in [-0.4, -0.2) is 36.9 Å². The maximum absolute atomic E-state index is 10.8. The van der Waals surface area contributed by atoms with E-state index in [2.05, 4.69) is 0 Å². The lowest BCUT2D eigenvalue weighted by Gasteiger charge is -2.15. The summed E-state index contributed by atoms with van der Waals surface area (Å²) >= 11 is 6.25. The Morgan fingerprint density at radius 3 is 2.59 bits per heavy atom. The van der Waals surface area contributed by atoms with Crippen molar-refractivity contribution in [2.45, 2.75) is 32.9 Å². The van der Waals surface area contributed by atoms with Crippen molar-refractivity contribution in [2.24, 2.45) is 5.73 Å². The quantitative estimate of drug-likeness (QED) is 0.579. The highest BCUT2D eigenvalue weighted by atomic mass is 35.5. The number of hydrogen-bond acceptors (Lipinski definition) is 4. The molecule has 0 fully saturated rings. The molecule has 6 nitrogen and oxygen atoms in total. The third-order valence-corrected chi connectivity index (χ3v) is 3.56. The maximum atomic E-state index is 10.8. The van der Waals surface area contributed by atoms with E-state index in [0.717, 1.165) is 12.0 Å². The molecule has 7 heteroatoms. The fourth-order valence-electron chi connectivity index (χ4n) is 1.93. The highest BCUT2D eigenvalue weighted by molar-refractivity contribution is 6.31. The highest BCUT2D eigenvalue weighted by Gasteiger charge is 2.15. The van der Waals surface area contributed by atoms with Gasteiger partial charge >= 0.3 is 0 Å². The summed E-state index contributed by atoms with van der Waals surface area (Å²) < 4.78 is 10.8. The number of rotatable bonds is 10. The molecule has 0 bridgehead atoms. The average molecular weight is 332 g/mol. The largest absolute Gasteiger partial charge is 0.490 e. The van der Waals surface area contributed by atoms with Crippen LogP contribution < -0.4 is 20.5 Å². The standard InChI is InChI=1S/C15H23ClN2O4/c1-3-11(8-19)18-7-10-5-13(21-4-2)14(6-12(10)16)22-9-15(17)20/h5-6,11,18-19H,3-4,7-9H2,1-2H3,(H2,17,20)/p+1/t11-/m0/s1. The first kappa shape index (κ1) is 18.5. The molecule has 0 aliphatic carbocycles. The van der Waals surface area contributed by atoms with E-state index in [4.69, 9.17) is 26.8 Å². The molecule has 124 valence electrons. The molecular weight excluding hydrogens is 308 g/mol. The van der Waals surface area contributed by atoms with Gasteiger partial charge in [0.15, 0.2) is 18.1 Å². The molecule has 0 aliphatic rings. The van der Waals surface area contributed by atoms with Gasteiger partial charge < -0.3 is 25.6 Å². The minimum absolute atomic E-state index is 0.117. The van der Waals surface area contributed by atoms with Crippen molar-refractivity contribution in [1.82, 2.24) is 0 Å². The van der Waals surface area contributed by atoms with Crippen LogP contribution in [0.2, 0.25) is 5.02 Å². The smallest absolute Gasteiger partial charge is 0.255 e. The molecule has 0 saturated heterocycles. The summed E-state index contributed by atoms with van der Waals surface area (Å²) in [6.07, 6.45) is 0.867. The van der Waals surface area contributed by atoms with Crippen LogP contribution in [0.4, 0.5) is 0 Å². The predicted molar refractivity (Wildman–Crippen MR) is 84.1 cm³/mol. The van der Waals surface area contributed by atoms with Crippen LogP contribution in [-0.2, 0) is 11.3 Å². The number of carbonyl (C=O) groups excluding carboxylic acids is 1. The van der Waals surface area contributed by atoms with E-state index in [0.29, 0.717) is 29.7 Å². The van der Waals surface area contributed by atoms with Crippen LogP contribution in [0.1, 0.15) is 25.8 Å². The first-order chi connectivity index (χ1) is 10.5. The van der Waals surface area contributed by atoms with Gasteiger partial charge in [-0.3, -0.25) is 4.79 Å². The molecule has 0 spiro atoms. The number of aliphatic hydroxyl groups excluding tert-OH is 1. The molecule has 0 aliphatic heterocycles. The Kier molecular flexibility index (Phi) is 8.01. The van der Waals surface area contributed by atoms with Crippen LogP contribution in [0.15, 0.2) is 12.1 Å². The number of nitrogens with two attached hydrogens (primary N) is 2. The second-order valence-corrected chi connectivity index (χ2v) is 5.28. The van der Waals surface area contributed by atoms with E-state index in [-0.39, 0.29) is 19.3 Å². The molecule has 1 amide bonds. The van der Waals surface area contributed by atoms with Gasteiger partial charge in [-0.15, -0.1) is 0 Å². The van der Waals surface area contributed by atoms with Gasteiger partial charge in [0, 0.05) is 11.6 Å². The number of primary amides is 1. The highest BCUT2D eigenvalue weighted by Crippen LogP contribution is 2.33. The summed E-state index contributed by atoms with van der Waals surface area (Å²) in [4.78, 5) is 10.8. The number of benzene rings is 1. The van der Waals surface area contributed by atoms with Crippen molar-refractivity contribution >= 4 is 17.5 Å². The number of amides is 1. The van der Waals surface area contributed by atoms with E-state index in [9.17, 15) is 9.90 Å². The molecule has 0 heterocycles. The van der Waals surface area contributed by atoms with E-state index >= 15 is 0 Å². The summed E-state index contributed by atoms with van der Waals surface area (Å²) in [6, 6.07) is 3.55. The van der Waals surface area contributed by atoms with E-state index in [1.165, 1.54) is 0 Å². The van der Waals surface area contributed by atoms with Gasteiger partial charge in [-0.2, -0.15) is 0 Å². The summed E-state index contributed by atoms with van der Waals surface area (Å²) in [7, 11) is 0. The second-order valence-electron chi connectivity index (χ2n) is 4.87. The lowest BCUT2D eigenvalue weighted by Crippen LogP contribution is -2.89. The molecule has 0 aromatic heterocycles. The molecule has 0 radical (unpaired) electrons. The van der Waals surface area contributed by atoms with Gasteiger partial charge in [0.2, 0.25) is 0 Å². The Hall–Kier alpha value is -1.50. The Morgan fingerprint density at radius 1 is 1.36 bits per heavy atom. The molecule has 5 N–H and O–H groups in total. The van der Waals surface area contributed by atoms with Gasteiger partial charge in [-0.1, -0.05) is 18.5 Å². The molecule has 1 aromatic rings. The topological polar surface area (TPSA) is 98.4 Å². The number of halogens is 1. The Bertz CT molecular complexity index is 493. The summed E-state index contributed by atoms with van der Waals surface area (Å²) in [6.45, 7) is 4.85. The van der Waals surface area contributed by atoms with Crippen molar-refractivity contribution in [3.8, 4) is 11.5 Å². The normalized spacial score (nSPS) is 12.0.